The Kier molecular flexibility index (Phi) is 7.40. The molecule has 1 saturated heterocycles. The molecule has 2 aromatic rings. The number of carbonyl (C=O) groups excluding carboxylic acids is 2. The molecule has 0 amide bonds. The second-order valence-corrected chi connectivity index (χ2v) is 7.45. The Labute approximate surface area is 196 Å². The summed E-state index contributed by atoms with van der Waals surface area (Å²) in [5.41, 5.74) is -0.770. The highest BCUT2D eigenvalue weighted by Gasteiger charge is 2.47. The van der Waals surface area contributed by atoms with Crippen molar-refractivity contribution in [3.8, 4) is 34.5 Å². The molecule has 2 aromatic carbocycles. The minimum Gasteiger partial charge on any atom is -0.504 e. The summed E-state index contributed by atoms with van der Waals surface area (Å²) in [6.07, 6.45) is -8.01. The van der Waals surface area contributed by atoms with Gasteiger partial charge in [0.1, 0.15) is 24.9 Å². The fourth-order valence-corrected chi connectivity index (χ4v) is 3.25. The van der Waals surface area contributed by atoms with Crippen molar-refractivity contribution in [2.24, 2.45) is 0 Å². The average Bonchev–Trinajstić information content (AvgIpc) is 2.82. The van der Waals surface area contributed by atoms with Crippen LogP contribution in [0.2, 0.25) is 0 Å². The minimum atomic E-state index is -1.77. The number of hydrogen-bond acceptors (Lipinski definition) is 14. The molecular weight excluding hydrogens is 476 g/mol. The van der Waals surface area contributed by atoms with Crippen LogP contribution in [0.3, 0.4) is 0 Å². The van der Waals surface area contributed by atoms with Crippen molar-refractivity contribution in [2.45, 2.75) is 30.7 Å². The van der Waals surface area contributed by atoms with E-state index in [0.29, 0.717) is 0 Å². The number of phenolic OH excluding ortho intramolecular Hbond substituents is 6. The Hall–Kier alpha value is -3.98. The molecule has 14 nitrogen and oxygen atoms in total. The number of aliphatic hydroxyl groups is 2. The van der Waals surface area contributed by atoms with Gasteiger partial charge in [-0.15, -0.1) is 0 Å². The van der Waals surface area contributed by atoms with Crippen molar-refractivity contribution in [1.29, 1.82) is 0 Å². The second-order valence-electron chi connectivity index (χ2n) is 7.45. The van der Waals surface area contributed by atoms with Crippen molar-refractivity contribution >= 4 is 11.9 Å². The molecule has 14 heteroatoms. The van der Waals surface area contributed by atoms with Crippen LogP contribution in [0, 0.1) is 0 Å². The summed E-state index contributed by atoms with van der Waals surface area (Å²) >= 11 is 0. The number of methoxy groups -OCH3 is 1. The fraction of sp³-hybridized carbons (Fsp3) is 0.333. The van der Waals surface area contributed by atoms with Crippen LogP contribution < -0.4 is 0 Å². The minimum absolute atomic E-state index is 0.346. The molecule has 0 aromatic heterocycles. The third-order valence-corrected chi connectivity index (χ3v) is 5.11. The van der Waals surface area contributed by atoms with Gasteiger partial charge in [-0.3, -0.25) is 0 Å². The van der Waals surface area contributed by atoms with Crippen molar-refractivity contribution < 1.29 is 69.4 Å². The van der Waals surface area contributed by atoms with Crippen molar-refractivity contribution in [3.63, 3.8) is 0 Å². The first kappa shape index (κ1) is 25.6. The Balaban J connectivity index is 1.74. The third-order valence-electron chi connectivity index (χ3n) is 5.11. The molecule has 0 saturated carbocycles. The number of carbonyl (C=O) groups is 2. The molecule has 1 aliphatic rings. The van der Waals surface area contributed by atoms with Crippen molar-refractivity contribution in [2.75, 3.05) is 13.7 Å². The lowest BCUT2D eigenvalue weighted by atomic mass is 9.98. The van der Waals surface area contributed by atoms with E-state index in [2.05, 4.69) is 0 Å². The van der Waals surface area contributed by atoms with Gasteiger partial charge in [-0.05, 0) is 24.3 Å². The highest BCUT2D eigenvalue weighted by atomic mass is 16.7. The molecule has 35 heavy (non-hydrogen) atoms. The van der Waals surface area contributed by atoms with E-state index in [-0.39, 0.29) is 5.56 Å². The first-order valence-electron chi connectivity index (χ1n) is 9.87. The van der Waals surface area contributed by atoms with Gasteiger partial charge in [0.05, 0.1) is 11.1 Å². The van der Waals surface area contributed by atoms with E-state index in [1.54, 1.807) is 0 Å². The third kappa shape index (κ3) is 5.25. The molecule has 3 rings (SSSR count). The van der Waals surface area contributed by atoms with Gasteiger partial charge in [-0.25, -0.2) is 9.59 Å². The largest absolute Gasteiger partial charge is 0.504 e. The summed E-state index contributed by atoms with van der Waals surface area (Å²) in [6.45, 7) is -0.663. The second kappa shape index (κ2) is 10.1. The molecule has 0 spiro atoms. The molecule has 0 aliphatic carbocycles. The average molecular weight is 498 g/mol. The maximum Gasteiger partial charge on any atom is 0.338 e. The summed E-state index contributed by atoms with van der Waals surface area (Å²) in [6, 6.07) is 3.21. The number of esters is 2. The lowest BCUT2D eigenvalue weighted by Crippen LogP contribution is -2.60. The zero-order valence-corrected chi connectivity index (χ0v) is 17.9. The molecule has 190 valence electrons. The molecule has 1 fully saturated rings. The van der Waals surface area contributed by atoms with Gasteiger partial charge in [0, 0.05) is 7.11 Å². The normalized spacial score (nSPS) is 24.0. The number of rotatable bonds is 6. The van der Waals surface area contributed by atoms with E-state index in [9.17, 15) is 50.4 Å². The summed E-state index contributed by atoms with van der Waals surface area (Å²) in [4.78, 5) is 24.7. The lowest BCUT2D eigenvalue weighted by molar-refractivity contribution is -0.293. The maximum atomic E-state index is 12.5. The van der Waals surface area contributed by atoms with E-state index >= 15 is 0 Å². The van der Waals surface area contributed by atoms with E-state index in [0.717, 1.165) is 31.4 Å². The summed E-state index contributed by atoms with van der Waals surface area (Å²) in [5.74, 6) is -7.23. The molecule has 0 radical (unpaired) electrons. The van der Waals surface area contributed by atoms with Crippen molar-refractivity contribution in [3.05, 3.63) is 35.4 Å². The number of aliphatic hydroxyl groups excluding tert-OH is 2. The van der Waals surface area contributed by atoms with E-state index in [1.165, 1.54) is 0 Å². The van der Waals surface area contributed by atoms with Crippen LogP contribution in [0.5, 0.6) is 34.5 Å². The highest BCUT2D eigenvalue weighted by molar-refractivity contribution is 5.91. The van der Waals surface area contributed by atoms with Crippen LogP contribution in [-0.2, 0) is 18.9 Å². The summed E-state index contributed by atoms with van der Waals surface area (Å²) in [7, 11) is 1.14. The predicted molar refractivity (Wildman–Crippen MR) is 110 cm³/mol. The Morgan fingerprint density at radius 2 is 1.26 bits per heavy atom. The molecule has 0 unspecified atom stereocenters. The van der Waals surface area contributed by atoms with E-state index in [1.807, 2.05) is 0 Å². The molecule has 8 N–H and O–H groups in total. The first-order valence-corrected chi connectivity index (χ1v) is 9.87. The van der Waals surface area contributed by atoms with Gasteiger partial charge >= 0.3 is 11.9 Å². The molecule has 1 heterocycles. The Bertz CT molecular complexity index is 1070. The zero-order chi connectivity index (χ0) is 26.0. The number of benzene rings is 2. The maximum absolute atomic E-state index is 12.5. The van der Waals surface area contributed by atoms with Crippen LogP contribution >= 0.6 is 0 Å². The standard InChI is InChI=1S/C21H22O14/c1-32-21-17(29)18(35-20(31)8-4-11(24)15(27)12(25)5-8)16(28)13(34-21)6-33-19(30)7-2-9(22)14(26)10(23)3-7/h2-5,13,16-18,21-29H,6H2,1H3/t13-,16-,17-,18+,21+/m1/s1. The van der Waals surface area contributed by atoms with Gasteiger partial charge in [0.25, 0.3) is 0 Å². The topological polar surface area (TPSA) is 233 Å². The van der Waals surface area contributed by atoms with Gasteiger partial charge in [0.15, 0.2) is 46.9 Å². The first-order chi connectivity index (χ1) is 16.4. The smallest absolute Gasteiger partial charge is 0.338 e. The molecule has 0 bridgehead atoms. The SMILES string of the molecule is CO[C@H]1O[C@H](COC(=O)c2cc(O)c(O)c(O)c2)[C@@H](O)[C@H](OC(=O)c2cc(O)c(O)c(O)c2)[C@H]1O. The summed E-state index contributed by atoms with van der Waals surface area (Å²) in [5, 5.41) is 78.0. The number of ether oxygens (including phenoxy) is 4. The van der Waals surface area contributed by atoms with Gasteiger partial charge in [-0.2, -0.15) is 0 Å². The Morgan fingerprint density at radius 3 is 1.71 bits per heavy atom. The Morgan fingerprint density at radius 1 is 0.800 bits per heavy atom. The molecule has 1 aliphatic heterocycles. The van der Waals surface area contributed by atoms with E-state index < -0.39 is 89.3 Å². The van der Waals surface area contributed by atoms with Crippen LogP contribution in [0.4, 0.5) is 0 Å². The van der Waals surface area contributed by atoms with Gasteiger partial charge in [-0.1, -0.05) is 0 Å². The van der Waals surface area contributed by atoms with Gasteiger partial charge < -0.3 is 59.8 Å². The molecule has 5 atom stereocenters. The van der Waals surface area contributed by atoms with Gasteiger partial charge in [0.2, 0.25) is 0 Å². The highest BCUT2D eigenvalue weighted by Crippen LogP contribution is 2.37. The fourth-order valence-electron chi connectivity index (χ4n) is 3.25. The number of aromatic hydroxyl groups is 6. The quantitative estimate of drug-likeness (QED) is 0.183. The van der Waals surface area contributed by atoms with Crippen LogP contribution in [0.1, 0.15) is 20.7 Å². The van der Waals surface area contributed by atoms with Crippen LogP contribution in [-0.4, -0.2) is 97.2 Å². The zero-order valence-electron chi connectivity index (χ0n) is 17.9. The van der Waals surface area contributed by atoms with Crippen LogP contribution in [0.25, 0.3) is 0 Å². The lowest BCUT2D eigenvalue weighted by Gasteiger charge is -2.41. The van der Waals surface area contributed by atoms with E-state index in [4.69, 9.17) is 18.9 Å². The van der Waals surface area contributed by atoms with Crippen molar-refractivity contribution in [1.82, 2.24) is 0 Å². The molecular formula is C21H22O14. The van der Waals surface area contributed by atoms with Crippen LogP contribution in [0.15, 0.2) is 24.3 Å². The number of hydrogen-bond donors (Lipinski definition) is 8. The number of phenols is 6. The summed E-state index contributed by atoms with van der Waals surface area (Å²) < 4.78 is 20.4. The predicted octanol–water partition coefficient (Wildman–Crippen LogP) is -0.604. The monoisotopic (exact) mass is 498 g/mol.